The van der Waals surface area contributed by atoms with E-state index in [4.69, 9.17) is 4.74 Å². The third-order valence-corrected chi connectivity index (χ3v) is 2.45. The largest absolute Gasteiger partial charge is 0.497 e. The summed E-state index contributed by atoms with van der Waals surface area (Å²) in [4.78, 5) is 10.9. The first-order chi connectivity index (χ1) is 7.65. The molecule has 1 rings (SSSR count). The number of nitrogens with one attached hydrogen (secondary N) is 1. The van der Waals surface area contributed by atoms with Gasteiger partial charge in [-0.15, -0.1) is 0 Å². The van der Waals surface area contributed by atoms with Gasteiger partial charge in [0.15, 0.2) is 0 Å². The number of hydrogen-bond acceptors (Lipinski definition) is 4. The van der Waals surface area contributed by atoms with E-state index in [9.17, 15) is 4.79 Å². The number of benzene rings is 1. The van der Waals surface area contributed by atoms with E-state index in [1.165, 1.54) is 7.11 Å². The minimum Gasteiger partial charge on any atom is -0.497 e. The van der Waals surface area contributed by atoms with Crippen molar-refractivity contribution in [3.8, 4) is 5.75 Å². The van der Waals surface area contributed by atoms with Gasteiger partial charge in [0, 0.05) is 22.8 Å². The first-order valence-corrected chi connectivity index (χ1v) is 5.60. The normalized spacial score (nSPS) is 9.69. The Morgan fingerprint density at radius 3 is 2.75 bits per heavy atom. The van der Waals surface area contributed by atoms with Crippen LogP contribution in [0.3, 0.4) is 0 Å². The maximum absolute atomic E-state index is 10.9. The number of carbonyl (C=O) groups excluding carboxylic acids is 1. The van der Waals surface area contributed by atoms with Crippen LogP contribution in [0.1, 0.15) is 6.42 Å². The summed E-state index contributed by atoms with van der Waals surface area (Å²) in [5, 5.41) is 3.11. The molecule has 0 unspecified atom stereocenters. The summed E-state index contributed by atoms with van der Waals surface area (Å²) >= 11 is 3.38. The van der Waals surface area contributed by atoms with Gasteiger partial charge >= 0.3 is 5.97 Å². The number of ether oxygens (including phenoxy) is 2. The number of anilines is 1. The van der Waals surface area contributed by atoms with Crippen LogP contribution in [0, 0.1) is 0 Å². The van der Waals surface area contributed by atoms with Gasteiger partial charge in [-0.3, -0.25) is 4.79 Å². The molecule has 0 aliphatic heterocycles. The average molecular weight is 288 g/mol. The van der Waals surface area contributed by atoms with Gasteiger partial charge in [0.05, 0.1) is 20.6 Å². The molecule has 0 saturated heterocycles. The minimum absolute atomic E-state index is 0.227. The predicted octanol–water partition coefficient (Wildman–Crippen LogP) is 2.43. The van der Waals surface area contributed by atoms with Gasteiger partial charge in [0.1, 0.15) is 5.75 Å². The van der Waals surface area contributed by atoms with Gasteiger partial charge in [-0.25, -0.2) is 0 Å². The maximum atomic E-state index is 10.9. The van der Waals surface area contributed by atoms with Crippen molar-refractivity contribution in [1.82, 2.24) is 0 Å². The number of methoxy groups -OCH3 is 2. The lowest BCUT2D eigenvalue weighted by atomic mass is 10.3. The van der Waals surface area contributed by atoms with Gasteiger partial charge < -0.3 is 14.8 Å². The third-order valence-electron chi connectivity index (χ3n) is 1.99. The molecule has 0 radical (unpaired) electrons. The summed E-state index contributed by atoms with van der Waals surface area (Å²) in [7, 11) is 2.99. The fourth-order valence-corrected chi connectivity index (χ4v) is 1.67. The number of carbonyl (C=O) groups is 1. The topological polar surface area (TPSA) is 47.6 Å². The Labute approximate surface area is 103 Å². The molecular formula is C11H14BrNO3. The molecule has 0 atom stereocenters. The molecule has 0 bridgehead atoms. The molecule has 0 amide bonds. The van der Waals surface area contributed by atoms with E-state index < -0.39 is 0 Å². The number of halogens is 1. The van der Waals surface area contributed by atoms with Gasteiger partial charge in [-0.1, -0.05) is 15.9 Å². The molecule has 16 heavy (non-hydrogen) atoms. The van der Waals surface area contributed by atoms with Crippen molar-refractivity contribution in [3.05, 3.63) is 22.7 Å². The van der Waals surface area contributed by atoms with Crippen LogP contribution >= 0.6 is 15.9 Å². The van der Waals surface area contributed by atoms with Gasteiger partial charge in [-0.2, -0.15) is 0 Å². The second-order valence-corrected chi connectivity index (χ2v) is 4.05. The van der Waals surface area contributed by atoms with Crippen molar-refractivity contribution in [3.63, 3.8) is 0 Å². The lowest BCUT2D eigenvalue weighted by molar-refractivity contribution is -0.140. The third kappa shape index (κ3) is 4.10. The standard InChI is InChI=1S/C11H14BrNO3/c1-15-10-6-8(12)5-9(7-10)13-4-3-11(14)16-2/h5-7,13H,3-4H2,1-2H3. The molecule has 0 spiro atoms. The maximum Gasteiger partial charge on any atom is 0.307 e. The highest BCUT2D eigenvalue weighted by atomic mass is 79.9. The molecule has 4 nitrogen and oxygen atoms in total. The number of rotatable bonds is 5. The molecule has 0 aromatic heterocycles. The molecule has 5 heteroatoms. The molecule has 0 aliphatic carbocycles. The zero-order chi connectivity index (χ0) is 12.0. The van der Waals surface area contributed by atoms with Crippen LogP contribution in [-0.2, 0) is 9.53 Å². The Morgan fingerprint density at radius 2 is 2.12 bits per heavy atom. The zero-order valence-corrected chi connectivity index (χ0v) is 10.8. The summed E-state index contributed by atoms with van der Waals surface area (Å²) in [5.41, 5.74) is 0.898. The average Bonchev–Trinajstić information content (AvgIpc) is 2.28. The van der Waals surface area contributed by atoms with E-state index in [-0.39, 0.29) is 5.97 Å². The number of esters is 1. The van der Waals surface area contributed by atoms with Crippen LogP contribution < -0.4 is 10.1 Å². The highest BCUT2D eigenvalue weighted by Gasteiger charge is 2.01. The number of hydrogen-bond donors (Lipinski definition) is 1. The van der Waals surface area contributed by atoms with Crippen LogP contribution in [0.4, 0.5) is 5.69 Å². The van der Waals surface area contributed by atoms with Crippen molar-refractivity contribution < 1.29 is 14.3 Å². The summed E-state index contributed by atoms with van der Waals surface area (Å²) in [6.07, 6.45) is 0.339. The minimum atomic E-state index is -0.227. The van der Waals surface area contributed by atoms with E-state index in [1.807, 2.05) is 18.2 Å². The Kier molecular flexibility index (Phi) is 5.11. The molecule has 0 saturated carbocycles. The zero-order valence-electron chi connectivity index (χ0n) is 9.25. The first-order valence-electron chi connectivity index (χ1n) is 4.81. The van der Waals surface area contributed by atoms with E-state index in [1.54, 1.807) is 7.11 Å². The van der Waals surface area contributed by atoms with E-state index in [0.29, 0.717) is 13.0 Å². The van der Waals surface area contributed by atoms with Crippen molar-refractivity contribution >= 4 is 27.6 Å². The summed E-state index contributed by atoms with van der Waals surface area (Å²) in [5.74, 6) is 0.532. The molecule has 1 aromatic rings. The van der Waals surface area contributed by atoms with Crippen molar-refractivity contribution in [2.24, 2.45) is 0 Å². The smallest absolute Gasteiger partial charge is 0.307 e. The molecule has 88 valence electrons. The van der Waals surface area contributed by atoms with Crippen LogP contribution in [0.2, 0.25) is 0 Å². The van der Waals surface area contributed by atoms with Crippen LogP contribution in [0.25, 0.3) is 0 Å². The lowest BCUT2D eigenvalue weighted by Crippen LogP contribution is -2.09. The highest BCUT2D eigenvalue weighted by molar-refractivity contribution is 9.10. The summed E-state index contributed by atoms with van der Waals surface area (Å²) in [6.45, 7) is 0.534. The molecule has 0 aliphatic rings. The predicted molar refractivity (Wildman–Crippen MR) is 65.8 cm³/mol. The molecule has 1 N–H and O–H groups in total. The lowest BCUT2D eigenvalue weighted by Gasteiger charge is -2.08. The van der Waals surface area contributed by atoms with Gasteiger partial charge in [0.25, 0.3) is 0 Å². The highest BCUT2D eigenvalue weighted by Crippen LogP contribution is 2.24. The van der Waals surface area contributed by atoms with Crippen LogP contribution in [0.5, 0.6) is 5.75 Å². The Hall–Kier alpha value is -1.23. The molecule has 0 heterocycles. The van der Waals surface area contributed by atoms with Crippen molar-refractivity contribution in [2.75, 3.05) is 26.1 Å². The SMILES string of the molecule is COC(=O)CCNc1cc(Br)cc(OC)c1. The van der Waals surface area contributed by atoms with Gasteiger partial charge in [-0.05, 0) is 12.1 Å². The molecule has 1 aromatic carbocycles. The first kappa shape index (κ1) is 12.8. The Bertz CT molecular complexity index is 368. The monoisotopic (exact) mass is 287 g/mol. The second kappa shape index (κ2) is 6.37. The quantitative estimate of drug-likeness (QED) is 0.845. The Balaban J connectivity index is 2.53. The van der Waals surface area contributed by atoms with Crippen molar-refractivity contribution in [1.29, 1.82) is 0 Å². The van der Waals surface area contributed by atoms with Crippen LogP contribution in [0.15, 0.2) is 22.7 Å². The van der Waals surface area contributed by atoms with Crippen molar-refractivity contribution in [2.45, 2.75) is 6.42 Å². The van der Waals surface area contributed by atoms with E-state index in [0.717, 1.165) is 15.9 Å². The molecule has 0 fully saturated rings. The summed E-state index contributed by atoms with van der Waals surface area (Å²) < 4.78 is 10.6. The summed E-state index contributed by atoms with van der Waals surface area (Å²) in [6, 6.07) is 5.65. The fourth-order valence-electron chi connectivity index (χ4n) is 1.19. The second-order valence-electron chi connectivity index (χ2n) is 3.13. The van der Waals surface area contributed by atoms with E-state index in [2.05, 4.69) is 26.0 Å². The van der Waals surface area contributed by atoms with Crippen LogP contribution in [-0.4, -0.2) is 26.7 Å². The van der Waals surface area contributed by atoms with E-state index >= 15 is 0 Å². The Morgan fingerprint density at radius 1 is 1.38 bits per heavy atom. The fraction of sp³-hybridized carbons (Fsp3) is 0.364. The molecular weight excluding hydrogens is 274 g/mol. The van der Waals surface area contributed by atoms with Gasteiger partial charge in [0.2, 0.25) is 0 Å².